The minimum atomic E-state index is -1.17. The smallest absolute Gasteiger partial charge is 0.329 e. The Kier molecular flexibility index (Phi) is 5.15. The number of nitrogens with zero attached hydrogens (tertiary/aromatic N) is 1. The van der Waals surface area contributed by atoms with E-state index in [4.69, 9.17) is 9.47 Å². The van der Waals surface area contributed by atoms with Gasteiger partial charge in [-0.25, -0.2) is 4.79 Å². The maximum absolute atomic E-state index is 12.8. The second-order valence-electron chi connectivity index (χ2n) is 7.80. The van der Waals surface area contributed by atoms with Gasteiger partial charge in [-0.3, -0.25) is 19.3 Å². The van der Waals surface area contributed by atoms with Crippen molar-refractivity contribution in [1.29, 1.82) is 0 Å². The third kappa shape index (κ3) is 3.93. The van der Waals surface area contributed by atoms with Crippen molar-refractivity contribution in [3.05, 3.63) is 35.4 Å². The second kappa shape index (κ2) is 7.23. The quantitative estimate of drug-likeness (QED) is 0.592. The molecular weight excluding hydrogens is 350 g/mol. The molecule has 2 aliphatic heterocycles. The molecule has 1 aromatic carbocycles. The molecule has 7 heteroatoms. The zero-order valence-corrected chi connectivity index (χ0v) is 15.7. The molecule has 0 unspecified atom stereocenters. The third-order valence-electron chi connectivity index (χ3n) is 4.59. The van der Waals surface area contributed by atoms with Crippen LogP contribution in [0.25, 0.3) is 0 Å². The van der Waals surface area contributed by atoms with E-state index < -0.39 is 35.3 Å². The number of imide groups is 1. The average molecular weight is 373 g/mol. The highest BCUT2D eigenvalue weighted by Crippen LogP contribution is 2.29. The van der Waals surface area contributed by atoms with Crippen molar-refractivity contribution in [1.82, 2.24) is 4.90 Å². The third-order valence-corrected chi connectivity index (χ3v) is 4.59. The molecular formula is C20H23NO6. The molecule has 0 radical (unpaired) electrons. The summed E-state index contributed by atoms with van der Waals surface area (Å²) in [4.78, 5) is 51.6. The second-order valence-corrected chi connectivity index (χ2v) is 7.80. The summed E-state index contributed by atoms with van der Waals surface area (Å²) in [6.07, 6.45) is 0.257. The SMILES string of the molecule is CC(C)(C)OC(=O)[C@H](C[C@@H]1COCCC1=O)N1C(=O)c2ccccc2C1=O. The Bertz CT molecular complexity index is 759. The molecule has 0 saturated carbocycles. The fraction of sp³-hybridized carbons (Fsp3) is 0.500. The van der Waals surface area contributed by atoms with Gasteiger partial charge >= 0.3 is 5.97 Å². The van der Waals surface area contributed by atoms with Gasteiger partial charge in [0.1, 0.15) is 17.4 Å². The highest BCUT2D eigenvalue weighted by Gasteiger charge is 2.45. The van der Waals surface area contributed by atoms with Crippen LogP contribution in [0.1, 0.15) is 54.3 Å². The van der Waals surface area contributed by atoms with E-state index in [2.05, 4.69) is 0 Å². The molecule has 1 fully saturated rings. The van der Waals surface area contributed by atoms with Crippen LogP contribution in [0.15, 0.2) is 24.3 Å². The van der Waals surface area contributed by atoms with Crippen molar-refractivity contribution in [3.8, 4) is 0 Å². The largest absolute Gasteiger partial charge is 0.458 e. The van der Waals surface area contributed by atoms with E-state index in [9.17, 15) is 19.2 Å². The van der Waals surface area contributed by atoms with Crippen LogP contribution in [0.4, 0.5) is 0 Å². The normalized spacial score (nSPS) is 21.2. The number of amides is 2. The Labute approximate surface area is 157 Å². The molecule has 0 bridgehead atoms. The van der Waals surface area contributed by atoms with Gasteiger partial charge in [-0.1, -0.05) is 12.1 Å². The number of rotatable bonds is 4. The van der Waals surface area contributed by atoms with E-state index in [0.29, 0.717) is 6.61 Å². The average Bonchev–Trinajstić information content (AvgIpc) is 2.84. The molecule has 0 aliphatic carbocycles. The van der Waals surface area contributed by atoms with Crippen molar-refractivity contribution >= 4 is 23.6 Å². The van der Waals surface area contributed by atoms with E-state index in [1.807, 2.05) is 0 Å². The minimum Gasteiger partial charge on any atom is -0.458 e. The maximum atomic E-state index is 12.8. The van der Waals surface area contributed by atoms with Crippen molar-refractivity contribution < 1.29 is 28.7 Å². The first-order chi connectivity index (χ1) is 12.7. The van der Waals surface area contributed by atoms with E-state index >= 15 is 0 Å². The number of Topliss-reactive ketones (excluding diaryl/α,β-unsaturated/α-hetero) is 1. The molecule has 1 aromatic rings. The maximum Gasteiger partial charge on any atom is 0.329 e. The van der Waals surface area contributed by atoms with Gasteiger partial charge in [0.2, 0.25) is 0 Å². The number of fused-ring (bicyclic) bond motifs is 1. The van der Waals surface area contributed by atoms with Crippen LogP contribution >= 0.6 is 0 Å². The van der Waals surface area contributed by atoms with Gasteiger partial charge < -0.3 is 9.47 Å². The summed E-state index contributed by atoms with van der Waals surface area (Å²) in [6.45, 7) is 5.64. The molecule has 2 amide bonds. The van der Waals surface area contributed by atoms with Crippen molar-refractivity contribution in [2.45, 2.75) is 45.3 Å². The molecule has 0 N–H and O–H groups in total. The van der Waals surface area contributed by atoms with Crippen molar-refractivity contribution in [3.63, 3.8) is 0 Å². The molecule has 0 aromatic heterocycles. The minimum absolute atomic E-state index is 0.000779. The summed E-state index contributed by atoms with van der Waals surface area (Å²) >= 11 is 0. The number of benzene rings is 1. The van der Waals surface area contributed by atoms with Gasteiger partial charge in [0.05, 0.1) is 24.3 Å². The summed E-state index contributed by atoms with van der Waals surface area (Å²) in [7, 11) is 0. The number of ether oxygens (including phenoxy) is 2. The van der Waals surface area contributed by atoms with E-state index in [1.54, 1.807) is 45.0 Å². The topological polar surface area (TPSA) is 90.0 Å². The zero-order chi connectivity index (χ0) is 19.8. The van der Waals surface area contributed by atoms with E-state index in [-0.39, 0.29) is 36.4 Å². The molecule has 2 aliphatic rings. The Morgan fingerprint density at radius 3 is 2.30 bits per heavy atom. The molecule has 144 valence electrons. The van der Waals surface area contributed by atoms with Crippen LogP contribution < -0.4 is 0 Å². The lowest BCUT2D eigenvalue weighted by Crippen LogP contribution is -2.49. The van der Waals surface area contributed by atoms with Crippen LogP contribution in [0.5, 0.6) is 0 Å². The molecule has 2 atom stereocenters. The fourth-order valence-corrected chi connectivity index (χ4v) is 3.33. The molecule has 7 nitrogen and oxygen atoms in total. The Morgan fingerprint density at radius 1 is 1.19 bits per heavy atom. The zero-order valence-electron chi connectivity index (χ0n) is 15.7. The van der Waals surface area contributed by atoms with Crippen LogP contribution in [0.3, 0.4) is 0 Å². The van der Waals surface area contributed by atoms with Crippen LogP contribution in [-0.4, -0.2) is 53.3 Å². The molecule has 27 heavy (non-hydrogen) atoms. The number of hydrogen-bond acceptors (Lipinski definition) is 6. The van der Waals surface area contributed by atoms with Gasteiger partial charge in [0, 0.05) is 12.3 Å². The first-order valence-corrected chi connectivity index (χ1v) is 8.99. The van der Waals surface area contributed by atoms with Crippen LogP contribution in [-0.2, 0) is 19.1 Å². The van der Waals surface area contributed by atoms with Gasteiger partial charge in [-0.2, -0.15) is 0 Å². The molecule has 1 saturated heterocycles. The lowest BCUT2D eigenvalue weighted by atomic mass is 9.92. The van der Waals surface area contributed by atoms with Crippen LogP contribution in [0.2, 0.25) is 0 Å². The lowest BCUT2D eigenvalue weighted by molar-refractivity contribution is -0.160. The molecule has 0 spiro atoms. The van der Waals surface area contributed by atoms with E-state index in [1.165, 1.54) is 0 Å². The fourth-order valence-electron chi connectivity index (χ4n) is 3.33. The van der Waals surface area contributed by atoms with Gasteiger partial charge in [-0.15, -0.1) is 0 Å². The molecule has 3 rings (SSSR count). The number of esters is 1. The van der Waals surface area contributed by atoms with Gasteiger partial charge in [-0.05, 0) is 39.3 Å². The predicted molar refractivity (Wildman–Crippen MR) is 95.1 cm³/mol. The summed E-state index contributed by atoms with van der Waals surface area (Å²) in [5, 5.41) is 0. The standard InChI is InChI=1S/C20H23NO6/c1-20(2,3)27-19(25)15(10-12-11-26-9-8-16(12)22)21-17(23)13-6-4-5-7-14(13)18(21)24/h4-7,12,15H,8-11H2,1-3H3/t12-,15+/m1/s1. The van der Waals surface area contributed by atoms with E-state index in [0.717, 1.165) is 4.90 Å². The Balaban J connectivity index is 1.92. The van der Waals surface area contributed by atoms with Gasteiger partial charge in [0.25, 0.3) is 11.8 Å². The number of hydrogen-bond donors (Lipinski definition) is 0. The first-order valence-electron chi connectivity index (χ1n) is 8.99. The monoisotopic (exact) mass is 373 g/mol. The summed E-state index contributed by atoms with van der Waals surface area (Å²) in [6, 6.07) is 5.25. The van der Waals surface area contributed by atoms with Gasteiger partial charge in [0.15, 0.2) is 0 Å². The number of carbonyl (C=O) groups excluding carboxylic acids is 4. The number of ketones is 1. The molecule has 2 heterocycles. The summed E-state index contributed by atoms with van der Waals surface area (Å²) in [5.41, 5.74) is -0.286. The predicted octanol–water partition coefficient (Wildman–Crippen LogP) is 1.99. The van der Waals surface area contributed by atoms with Crippen LogP contribution in [0, 0.1) is 5.92 Å². The first kappa shape index (κ1) is 19.2. The summed E-state index contributed by atoms with van der Waals surface area (Å²) in [5.74, 6) is -2.38. The van der Waals surface area contributed by atoms with Crippen molar-refractivity contribution in [2.75, 3.05) is 13.2 Å². The Morgan fingerprint density at radius 2 is 1.78 bits per heavy atom. The Hall–Kier alpha value is -2.54. The highest BCUT2D eigenvalue weighted by molar-refractivity contribution is 6.22. The lowest BCUT2D eigenvalue weighted by Gasteiger charge is -2.31. The highest BCUT2D eigenvalue weighted by atomic mass is 16.6. The number of carbonyl (C=O) groups is 4. The van der Waals surface area contributed by atoms with Crippen molar-refractivity contribution in [2.24, 2.45) is 5.92 Å². The summed E-state index contributed by atoms with van der Waals surface area (Å²) < 4.78 is 10.8.